The van der Waals surface area contributed by atoms with Crippen molar-refractivity contribution in [1.29, 1.82) is 0 Å². The largest absolute Gasteiger partial charge is 0.451 e. The van der Waals surface area contributed by atoms with Crippen molar-refractivity contribution in [1.82, 2.24) is 10.6 Å². The molecule has 3 atom stereocenters. The van der Waals surface area contributed by atoms with Crippen molar-refractivity contribution in [3.8, 4) is 0 Å². The number of fused-ring (bicyclic) bond motifs is 1. The molecular weight excluding hydrogens is 368 g/mol. The van der Waals surface area contributed by atoms with Gasteiger partial charge in [0.2, 0.25) is 0 Å². The topological polar surface area (TPSA) is 84.5 Å². The predicted octanol–water partition coefficient (Wildman–Crippen LogP) is 3.20. The molecule has 0 unspecified atom stereocenters. The highest BCUT2D eigenvalue weighted by Crippen LogP contribution is 2.23. The minimum Gasteiger partial charge on any atom is -0.451 e. The Morgan fingerprint density at radius 1 is 1.07 bits per heavy atom. The fraction of sp³-hybridized carbons (Fsp3) is 0.435. The maximum absolute atomic E-state index is 12.3. The lowest BCUT2D eigenvalue weighted by atomic mass is 9.86. The molecule has 0 heterocycles. The summed E-state index contributed by atoms with van der Waals surface area (Å²) < 4.78 is 5.18. The highest BCUT2D eigenvalue weighted by molar-refractivity contribution is 5.99. The van der Waals surface area contributed by atoms with Crippen molar-refractivity contribution in [3.63, 3.8) is 0 Å². The van der Waals surface area contributed by atoms with Crippen LogP contribution >= 0.6 is 0 Å². The van der Waals surface area contributed by atoms with Gasteiger partial charge in [-0.25, -0.2) is 0 Å². The van der Waals surface area contributed by atoms with E-state index >= 15 is 0 Å². The Hall–Kier alpha value is -2.89. The molecule has 0 spiro atoms. The van der Waals surface area contributed by atoms with E-state index in [-0.39, 0.29) is 24.4 Å². The van der Waals surface area contributed by atoms with E-state index in [1.807, 2.05) is 30.3 Å². The zero-order valence-electron chi connectivity index (χ0n) is 16.9. The molecule has 29 heavy (non-hydrogen) atoms. The Balaban J connectivity index is 1.46. The van der Waals surface area contributed by atoms with Crippen LogP contribution in [0.5, 0.6) is 0 Å². The van der Waals surface area contributed by atoms with Gasteiger partial charge in [0.25, 0.3) is 11.8 Å². The first-order valence-electron chi connectivity index (χ1n) is 10.2. The van der Waals surface area contributed by atoms with Crippen molar-refractivity contribution in [2.75, 3.05) is 6.54 Å². The maximum atomic E-state index is 12.3. The summed E-state index contributed by atoms with van der Waals surface area (Å²) in [6.45, 7) is 3.39. The number of hydrogen-bond donors (Lipinski definition) is 2. The summed E-state index contributed by atoms with van der Waals surface area (Å²) in [5.74, 6) is -0.867. The number of amides is 2. The minimum absolute atomic E-state index is 0.130. The molecule has 154 valence electrons. The lowest BCUT2D eigenvalue weighted by Gasteiger charge is -2.30. The van der Waals surface area contributed by atoms with Crippen molar-refractivity contribution >= 4 is 28.6 Å². The Morgan fingerprint density at radius 3 is 2.55 bits per heavy atom. The summed E-state index contributed by atoms with van der Waals surface area (Å²) >= 11 is 0. The zero-order chi connectivity index (χ0) is 20.8. The summed E-state index contributed by atoms with van der Waals surface area (Å²) in [4.78, 5) is 36.7. The second-order valence-electron chi connectivity index (χ2n) is 7.75. The second kappa shape index (κ2) is 9.54. The van der Waals surface area contributed by atoms with Gasteiger partial charge >= 0.3 is 5.97 Å². The fourth-order valence-electron chi connectivity index (χ4n) is 3.71. The van der Waals surface area contributed by atoms with Crippen LogP contribution < -0.4 is 10.6 Å². The van der Waals surface area contributed by atoms with E-state index in [1.165, 1.54) is 6.42 Å². The lowest BCUT2D eigenvalue weighted by Crippen LogP contribution is -2.46. The highest BCUT2D eigenvalue weighted by atomic mass is 16.5. The quantitative estimate of drug-likeness (QED) is 0.735. The third-order valence-corrected chi connectivity index (χ3v) is 5.52. The Bertz CT molecular complexity index is 895. The van der Waals surface area contributed by atoms with Crippen molar-refractivity contribution in [2.45, 2.75) is 51.7 Å². The molecule has 0 aliphatic heterocycles. The van der Waals surface area contributed by atoms with Gasteiger partial charge < -0.3 is 15.4 Å². The van der Waals surface area contributed by atoms with E-state index in [9.17, 15) is 14.4 Å². The highest BCUT2D eigenvalue weighted by Gasteiger charge is 2.26. The number of carbonyl (C=O) groups is 3. The van der Waals surface area contributed by atoms with Crippen LogP contribution in [0.1, 0.15) is 49.9 Å². The monoisotopic (exact) mass is 396 g/mol. The van der Waals surface area contributed by atoms with E-state index in [1.54, 1.807) is 19.1 Å². The SMILES string of the molecule is C[C@@H](OC(=O)CNC(=O)c1ccc2ccccc2c1)C(=O)N[C@H]1CCCC[C@@H]1C. The molecule has 2 aromatic rings. The van der Waals surface area contributed by atoms with Crippen LogP contribution in [0.15, 0.2) is 42.5 Å². The molecule has 3 rings (SSSR count). The van der Waals surface area contributed by atoms with Crippen LogP contribution in [-0.4, -0.2) is 36.5 Å². The summed E-state index contributed by atoms with van der Waals surface area (Å²) in [7, 11) is 0. The molecule has 0 aromatic heterocycles. The van der Waals surface area contributed by atoms with Crippen molar-refractivity contribution in [3.05, 3.63) is 48.0 Å². The normalized spacial score (nSPS) is 19.9. The smallest absolute Gasteiger partial charge is 0.326 e. The number of rotatable bonds is 6. The molecule has 0 saturated heterocycles. The number of nitrogens with one attached hydrogen (secondary N) is 2. The van der Waals surface area contributed by atoms with Gasteiger partial charge in [0.05, 0.1) is 0 Å². The molecule has 1 saturated carbocycles. The van der Waals surface area contributed by atoms with Crippen LogP contribution in [0.3, 0.4) is 0 Å². The molecular formula is C23H28N2O4. The third kappa shape index (κ3) is 5.56. The van der Waals surface area contributed by atoms with Gasteiger partial charge in [-0.05, 0) is 48.6 Å². The standard InChI is InChI=1S/C23H28N2O4/c1-15-7-3-6-10-20(15)25-22(27)16(2)29-21(26)14-24-23(28)19-12-11-17-8-4-5-9-18(17)13-19/h4-5,8-9,11-13,15-16,20H,3,6-7,10,14H2,1-2H3,(H,24,28)(H,25,27)/t15-,16+,20-/m0/s1. The van der Waals surface area contributed by atoms with Gasteiger partial charge in [0, 0.05) is 11.6 Å². The molecule has 1 aliphatic carbocycles. The first-order chi connectivity index (χ1) is 13.9. The van der Waals surface area contributed by atoms with Gasteiger partial charge in [-0.2, -0.15) is 0 Å². The average molecular weight is 396 g/mol. The first-order valence-corrected chi connectivity index (χ1v) is 10.2. The van der Waals surface area contributed by atoms with E-state index in [0.717, 1.165) is 30.0 Å². The van der Waals surface area contributed by atoms with Crippen LogP contribution in [-0.2, 0) is 14.3 Å². The number of carbonyl (C=O) groups excluding carboxylic acids is 3. The third-order valence-electron chi connectivity index (χ3n) is 5.52. The Morgan fingerprint density at radius 2 is 1.79 bits per heavy atom. The van der Waals surface area contributed by atoms with E-state index in [0.29, 0.717) is 11.5 Å². The molecule has 6 nitrogen and oxygen atoms in total. The molecule has 2 aromatic carbocycles. The zero-order valence-corrected chi connectivity index (χ0v) is 16.9. The molecule has 2 amide bonds. The summed E-state index contributed by atoms with van der Waals surface area (Å²) in [5.41, 5.74) is 0.466. The summed E-state index contributed by atoms with van der Waals surface area (Å²) in [6.07, 6.45) is 3.45. The molecule has 6 heteroatoms. The van der Waals surface area contributed by atoms with E-state index in [2.05, 4.69) is 17.6 Å². The van der Waals surface area contributed by atoms with Crippen LogP contribution in [0.25, 0.3) is 10.8 Å². The van der Waals surface area contributed by atoms with E-state index < -0.39 is 12.1 Å². The van der Waals surface area contributed by atoms with Gasteiger partial charge in [-0.15, -0.1) is 0 Å². The Kier molecular flexibility index (Phi) is 6.86. The Labute approximate surface area is 171 Å². The number of hydrogen-bond acceptors (Lipinski definition) is 4. The first kappa shape index (κ1) is 20.8. The second-order valence-corrected chi connectivity index (χ2v) is 7.75. The number of esters is 1. The fourth-order valence-corrected chi connectivity index (χ4v) is 3.71. The molecule has 0 radical (unpaired) electrons. The van der Waals surface area contributed by atoms with Gasteiger partial charge in [0.15, 0.2) is 6.10 Å². The molecule has 2 N–H and O–H groups in total. The average Bonchev–Trinajstić information content (AvgIpc) is 2.73. The lowest BCUT2D eigenvalue weighted by molar-refractivity contribution is -0.154. The maximum Gasteiger partial charge on any atom is 0.326 e. The summed E-state index contributed by atoms with van der Waals surface area (Å²) in [6, 6.07) is 13.2. The molecule has 1 fully saturated rings. The number of ether oxygens (including phenoxy) is 1. The summed E-state index contributed by atoms with van der Waals surface area (Å²) in [5, 5.41) is 7.52. The predicted molar refractivity (Wildman–Crippen MR) is 111 cm³/mol. The van der Waals surface area contributed by atoms with E-state index in [4.69, 9.17) is 4.74 Å². The van der Waals surface area contributed by atoms with Gasteiger partial charge in [-0.3, -0.25) is 14.4 Å². The molecule has 0 bridgehead atoms. The van der Waals surface area contributed by atoms with Crippen LogP contribution in [0, 0.1) is 5.92 Å². The van der Waals surface area contributed by atoms with Crippen molar-refractivity contribution < 1.29 is 19.1 Å². The van der Waals surface area contributed by atoms with Crippen molar-refractivity contribution in [2.24, 2.45) is 5.92 Å². The van der Waals surface area contributed by atoms with Crippen LogP contribution in [0.2, 0.25) is 0 Å². The minimum atomic E-state index is -0.894. The number of benzene rings is 2. The van der Waals surface area contributed by atoms with Crippen LogP contribution in [0.4, 0.5) is 0 Å². The van der Waals surface area contributed by atoms with Gasteiger partial charge in [0.1, 0.15) is 6.54 Å². The van der Waals surface area contributed by atoms with Gasteiger partial charge in [-0.1, -0.05) is 50.1 Å². The molecule has 1 aliphatic rings.